The average Bonchev–Trinajstić information content (AvgIpc) is 3.03. The second-order valence-electron chi connectivity index (χ2n) is 7.54. The molecule has 0 radical (unpaired) electrons. The Morgan fingerprint density at radius 3 is 2.42 bits per heavy atom. The number of H-pyrrole nitrogens is 2. The Morgan fingerprint density at radius 2 is 1.73 bits per heavy atom. The van der Waals surface area contributed by atoms with E-state index in [9.17, 15) is 4.79 Å². The lowest BCUT2D eigenvalue weighted by Gasteiger charge is -2.23. The number of allylic oxidation sites excluding steroid dienone is 1. The van der Waals surface area contributed by atoms with Crippen molar-refractivity contribution in [3.63, 3.8) is 0 Å². The van der Waals surface area contributed by atoms with Gasteiger partial charge in [0.1, 0.15) is 0 Å². The van der Waals surface area contributed by atoms with Gasteiger partial charge >= 0.3 is 0 Å². The molecule has 4 rings (SSSR count). The smallest absolute Gasteiger partial charge is 0.268 e. The first-order chi connectivity index (χ1) is 12.6. The number of rotatable bonds is 4. The van der Waals surface area contributed by atoms with Crippen LogP contribution in [0.2, 0.25) is 0 Å². The second kappa shape index (κ2) is 6.83. The summed E-state index contributed by atoms with van der Waals surface area (Å²) in [6.07, 6.45) is 4.05. The molecule has 1 heterocycles. The Balaban J connectivity index is 1.72. The van der Waals surface area contributed by atoms with Crippen molar-refractivity contribution in [3.05, 3.63) is 92.9 Å². The molecule has 1 aliphatic carbocycles. The third-order valence-electron chi connectivity index (χ3n) is 5.11. The van der Waals surface area contributed by atoms with Crippen LogP contribution in [-0.4, -0.2) is 10.2 Å². The summed E-state index contributed by atoms with van der Waals surface area (Å²) in [6.45, 7) is 4.48. The van der Waals surface area contributed by atoms with Crippen molar-refractivity contribution in [3.8, 4) is 0 Å². The average molecular weight is 344 g/mol. The van der Waals surface area contributed by atoms with Crippen LogP contribution in [0.25, 0.3) is 11.6 Å². The summed E-state index contributed by atoms with van der Waals surface area (Å²) in [6, 6.07) is 19.2. The molecule has 3 aromatic rings. The molecular formula is C23H24N2O. The second-order valence-corrected chi connectivity index (χ2v) is 7.54. The molecule has 2 aromatic carbocycles. The van der Waals surface area contributed by atoms with Gasteiger partial charge in [0.15, 0.2) is 0 Å². The monoisotopic (exact) mass is 344 g/mol. The summed E-state index contributed by atoms with van der Waals surface area (Å²) in [5.41, 5.74) is 6.77. The normalized spacial score (nSPS) is 16.4. The number of hydrogen-bond donors (Lipinski definition) is 2. The van der Waals surface area contributed by atoms with Crippen molar-refractivity contribution in [1.82, 2.24) is 10.2 Å². The fourth-order valence-corrected chi connectivity index (χ4v) is 3.89. The molecule has 0 spiro atoms. The Kier molecular flexibility index (Phi) is 4.37. The number of aromatic nitrogens is 2. The highest BCUT2D eigenvalue weighted by Gasteiger charge is 2.27. The number of hydrogen-bond acceptors (Lipinski definition) is 1. The Bertz CT molecular complexity index is 975. The first-order valence-electron chi connectivity index (χ1n) is 9.27. The van der Waals surface area contributed by atoms with E-state index in [1.807, 2.05) is 18.2 Å². The summed E-state index contributed by atoms with van der Waals surface area (Å²) in [4.78, 5) is 12.3. The van der Waals surface area contributed by atoms with Gasteiger partial charge in [-0.3, -0.25) is 15.0 Å². The molecular weight excluding hydrogens is 320 g/mol. The minimum atomic E-state index is -0.0172. The van der Waals surface area contributed by atoms with Crippen molar-refractivity contribution in [2.24, 2.45) is 5.92 Å². The highest BCUT2D eigenvalue weighted by atomic mass is 16.1. The molecule has 2 N–H and O–H groups in total. The van der Waals surface area contributed by atoms with Crippen molar-refractivity contribution in [2.75, 3.05) is 0 Å². The minimum Gasteiger partial charge on any atom is -0.298 e. The van der Waals surface area contributed by atoms with Crippen LogP contribution in [0.15, 0.2) is 59.4 Å². The zero-order valence-electron chi connectivity index (χ0n) is 15.3. The van der Waals surface area contributed by atoms with E-state index in [1.165, 1.54) is 22.3 Å². The molecule has 0 saturated heterocycles. The molecule has 1 aromatic heterocycles. The van der Waals surface area contributed by atoms with Crippen LogP contribution in [0.5, 0.6) is 0 Å². The third kappa shape index (κ3) is 3.17. The molecule has 3 heteroatoms. The van der Waals surface area contributed by atoms with Gasteiger partial charge in [0, 0.05) is 5.92 Å². The standard InChI is InChI=1S/C23H24N2O/c1-15(2)12-16-8-10-17(11-9-16)19-13-20(18-6-4-3-5-7-18)22-21(14-19)24-25-23(22)26/h3-11,14-15,20H,12-13H2,1-2H3,(H2,24,25,26). The van der Waals surface area contributed by atoms with Gasteiger partial charge in [-0.1, -0.05) is 68.4 Å². The van der Waals surface area contributed by atoms with E-state index in [1.54, 1.807) is 0 Å². The number of benzene rings is 2. The minimum absolute atomic E-state index is 0.0172. The Labute approximate surface area is 153 Å². The Hall–Kier alpha value is -2.81. The SMILES string of the molecule is CC(C)Cc1ccc(C2=Cc3[nH][nH]c(=O)c3C(c3ccccc3)C2)cc1. The molecule has 26 heavy (non-hydrogen) atoms. The zero-order chi connectivity index (χ0) is 18.1. The maximum Gasteiger partial charge on any atom is 0.268 e. The molecule has 0 aliphatic heterocycles. The van der Waals surface area contributed by atoms with Crippen molar-refractivity contribution in [2.45, 2.75) is 32.6 Å². The highest BCUT2D eigenvalue weighted by Crippen LogP contribution is 2.39. The molecule has 132 valence electrons. The first kappa shape index (κ1) is 16.6. The van der Waals surface area contributed by atoms with E-state index in [2.05, 4.69) is 66.5 Å². The van der Waals surface area contributed by atoms with E-state index in [0.717, 1.165) is 24.1 Å². The lowest BCUT2D eigenvalue weighted by molar-refractivity contribution is 0.647. The van der Waals surface area contributed by atoms with Gasteiger partial charge in [0.25, 0.3) is 5.56 Å². The summed E-state index contributed by atoms with van der Waals surface area (Å²) in [5.74, 6) is 0.737. The van der Waals surface area contributed by atoms with Crippen LogP contribution in [-0.2, 0) is 6.42 Å². The van der Waals surface area contributed by atoms with Crippen LogP contribution in [0.4, 0.5) is 0 Å². The quantitative estimate of drug-likeness (QED) is 0.689. The number of aromatic amines is 2. The summed E-state index contributed by atoms with van der Waals surface area (Å²) in [7, 11) is 0. The molecule has 0 fully saturated rings. The lowest BCUT2D eigenvalue weighted by atomic mass is 9.80. The van der Waals surface area contributed by atoms with Crippen LogP contribution < -0.4 is 5.56 Å². The van der Waals surface area contributed by atoms with Crippen LogP contribution in [0.3, 0.4) is 0 Å². The fraction of sp³-hybridized carbons (Fsp3) is 0.261. The van der Waals surface area contributed by atoms with E-state index in [4.69, 9.17) is 0 Å². The van der Waals surface area contributed by atoms with Gasteiger partial charge in [-0.05, 0) is 47.1 Å². The molecule has 3 nitrogen and oxygen atoms in total. The molecule has 1 aliphatic rings. The van der Waals surface area contributed by atoms with Gasteiger partial charge < -0.3 is 0 Å². The topological polar surface area (TPSA) is 48.6 Å². The summed E-state index contributed by atoms with van der Waals surface area (Å²) < 4.78 is 0. The number of fused-ring (bicyclic) bond motifs is 1. The van der Waals surface area contributed by atoms with E-state index in [-0.39, 0.29) is 11.5 Å². The van der Waals surface area contributed by atoms with Crippen molar-refractivity contribution in [1.29, 1.82) is 0 Å². The predicted molar refractivity (Wildman–Crippen MR) is 107 cm³/mol. The zero-order valence-corrected chi connectivity index (χ0v) is 15.3. The van der Waals surface area contributed by atoms with E-state index in [0.29, 0.717) is 5.92 Å². The lowest BCUT2D eigenvalue weighted by Crippen LogP contribution is -2.16. The maximum absolute atomic E-state index is 12.3. The molecule has 0 bridgehead atoms. The summed E-state index contributed by atoms with van der Waals surface area (Å²) >= 11 is 0. The van der Waals surface area contributed by atoms with Gasteiger partial charge in [-0.2, -0.15) is 0 Å². The molecule has 1 unspecified atom stereocenters. The number of nitrogens with one attached hydrogen (secondary N) is 2. The predicted octanol–water partition coefficient (Wildman–Crippen LogP) is 4.98. The Morgan fingerprint density at radius 1 is 1.00 bits per heavy atom. The molecule has 1 atom stereocenters. The first-order valence-corrected chi connectivity index (χ1v) is 9.27. The third-order valence-corrected chi connectivity index (χ3v) is 5.11. The van der Waals surface area contributed by atoms with Crippen molar-refractivity contribution < 1.29 is 0 Å². The molecule has 0 saturated carbocycles. The van der Waals surface area contributed by atoms with Gasteiger partial charge in [0.2, 0.25) is 0 Å². The molecule has 0 amide bonds. The van der Waals surface area contributed by atoms with Crippen LogP contribution in [0, 0.1) is 5.92 Å². The largest absolute Gasteiger partial charge is 0.298 e. The maximum atomic E-state index is 12.3. The van der Waals surface area contributed by atoms with Gasteiger partial charge in [0.05, 0.1) is 11.3 Å². The van der Waals surface area contributed by atoms with Crippen LogP contribution in [0.1, 0.15) is 54.1 Å². The summed E-state index contributed by atoms with van der Waals surface area (Å²) in [5, 5.41) is 5.81. The van der Waals surface area contributed by atoms with Gasteiger partial charge in [-0.15, -0.1) is 0 Å². The fourth-order valence-electron chi connectivity index (χ4n) is 3.89. The van der Waals surface area contributed by atoms with Crippen LogP contribution >= 0.6 is 0 Å². The van der Waals surface area contributed by atoms with E-state index >= 15 is 0 Å². The highest BCUT2D eigenvalue weighted by molar-refractivity contribution is 5.84. The van der Waals surface area contributed by atoms with Gasteiger partial charge in [-0.25, -0.2) is 0 Å². The van der Waals surface area contributed by atoms with E-state index < -0.39 is 0 Å². The van der Waals surface area contributed by atoms with Crippen molar-refractivity contribution >= 4 is 11.6 Å².